The summed E-state index contributed by atoms with van der Waals surface area (Å²) >= 11 is 0. The molecule has 2 amide bonds. The van der Waals surface area contributed by atoms with Gasteiger partial charge in [-0.1, -0.05) is 6.07 Å². The van der Waals surface area contributed by atoms with Gasteiger partial charge in [-0.15, -0.1) is 12.4 Å². The zero-order valence-electron chi connectivity index (χ0n) is 13.5. The van der Waals surface area contributed by atoms with Crippen LogP contribution in [-0.4, -0.2) is 42.9 Å². The predicted molar refractivity (Wildman–Crippen MR) is 89.4 cm³/mol. The van der Waals surface area contributed by atoms with E-state index in [1.807, 2.05) is 0 Å². The highest BCUT2D eigenvalue weighted by Gasteiger charge is 2.32. The van der Waals surface area contributed by atoms with Crippen LogP contribution in [0.15, 0.2) is 24.3 Å². The van der Waals surface area contributed by atoms with Crippen LogP contribution in [0.25, 0.3) is 0 Å². The molecule has 1 aromatic rings. The Bertz CT molecular complexity index is 611. The van der Waals surface area contributed by atoms with E-state index < -0.39 is 17.6 Å². The first kappa shape index (κ1) is 21.2. The van der Waals surface area contributed by atoms with Crippen LogP contribution in [0.3, 0.4) is 0 Å². The monoisotopic (exact) mass is 379 g/mol. The molecule has 9 heteroatoms. The second-order valence-electron chi connectivity index (χ2n) is 5.75. The molecule has 2 rings (SSSR count). The molecule has 0 aromatic heterocycles. The molecular formula is C16H21ClF3N3O2. The molecule has 1 saturated heterocycles. The summed E-state index contributed by atoms with van der Waals surface area (Å²) in [5.74, 6) is -1.03. The number of likely N-dealkylation sites (tertiary alicyclic amines) is 1. The molecule has 3 N–H and O–H groups in total. The molecule has 0 saturated carbocycles. The van der Waals surface area contributed by atoms with Crippen LogP contribution in [0, 0.1) is 5.92 Å². The Morgan fingerprint density at radius 2 is 2.04 bits per heavy atom. The van der Waals surface area contributed by atoms with Crippen molar-refractivity contribution in [2.75, 3.05) is 26.2 Å². The van der Waals surface area contributed by atoms with E-state index in [1.54, 1.807) is 0 Å². The molecule has 0 spiro atoms. The van der Waals surface area contributed by atoms with Gasteiger partial charge in [0.15, 0.2) is 0 Å². The van der Waals surface area contributed by atoms with Crippen molar-refractivity contribution >= 4 is 24.2 Å². The number of nitrogens with one attached hydrogen (secondary N) is 1. The third-order valence-electron chi connectivity index (χ3n) is 3.96. The summed E-state index contributed by atoms with van der Waals surface area (Å²) in [6.45, 7) is 1.31. The molecule has 140 valence electrons. The Morgan fingerprint density at radius 3 is 2.68 bits per heavy atom. The van der Waals surface area contributed by atoms with Crippen LogP contribution >= 0.6 is 12.4 Å². The lowest BCUT2D eigenvalue weighted by atomic mass is 9.96. The molecule has 1 aliphatic rings. The second-order valence-corrected chi connectivity index (χ2v) is 5.75. The average Bonchev–Trinajstić information content (AvgIpc) is 2.58. The zero-order chi connectivity index (χ0) is 17.7. The van der Waals surface area contributed by atoms with E-state index in [1.165, 1.54) is 17.0 Å². The van der Waals surface area contributed by atoms with Gasteiger partial charge in [-0.25, -0.2) is 0 Å². The highest BCUT2D eigenvalue weighted by Crippen LogP contribution is 2.30. The maximum atomic E-state index is 12.8. The van der Waals surface area contributed by atoms with Crippen molar-refractivity contribution in [2.24, 2.45) is 11.7 Å². The standard InChI is InChI=1S/C16H20F3N3O2.ClH/c17-16(18,19)13-5-1-3-11(9-13)15(24)22-8-2-4-12(10-22)14(23)21-7-6-20;/h1,3,5,9,12H,2,4,6-8,10,20H2,(H,21,23);1H. The lowest BCUT2D eigenvalue weighted by Gasteiger charge is -2.32. The number of benzene rings is 1. The van der Waals surface area contributed by atoms with Gasteiger partial charge in [0.25, 0.3) is 5.91 Å². The summed E-state index contributed by atoms with van der Waals surface area (Å²) in [6, 6.07) is 4.34. The maximum absolute atomic E-state index is 12.8. The van der Waals surface area contributed by atoms with Crippen molar-refractivity contribution < 1.29 is 22.8 Å². The Balaban J connectivity index is 0.00000312. The third-order valence-corrected chi connectivity index (χ3v) is 3.96. The number of hydrogen-bond acceptors (Lipinski definition) is 3. The first-order valence-corrected chi connectivity index (χ1v) is 7.77. The van der Waals surface area contributed by atoms with Gasteiger partial charge in [-0.05, 0) is 31.0 Å². The summed E-state index contributed by atoms with van der Waals surface area (Å²) in [7, 11) is 0. The number of alkyl halides is 3. The van der Waals surface area contributed by atoms with Gasteiger partial charge in [0.1, 0.15) is 0 Å². The number of hydrogen-bond donors (Lipinski definition) is 2. The normalized spacial score (nSPS) is 17.6. The van der Waals surface area contributed by atoms with E-state index in [-0.39, 0.29) is 36.3 Å². The zero-order valence-corrected chi connectivity index (χ0v) is 14.3. The number of nitrogens with two attached hydrogens (primary N) is 1. The largest absolute Gasteiger partial charge is 0.416 e. The molecule has 0 bridgehead atoms. The van der Waals surface area contributed by atoms with Crippen molar-refractivity contribution in [1.29, 1.82) is 0 Å². The molecule has 5 nitrogen and oxygen atoms in total. The number of halogens is 4. The highest BCUT2D eigenvalue weighted by atomic mass is 35.5. The van der Waals surface area contributed by atoms with Gasteiger partial charge in [0.05, 0.1) is 11.5 Å². The van der Waals surface area contributed by atoms with E-state index in [4.69, 9.17) is 5.73 Å². The van der Waals surface area contributed by atoms with E-state index in [0.29, 0.717) is 32.5 Å². The number of carbonyl (C=O) groups is 2. The van der Waals surface area contributed by atoms with Crippen LogP contribution in [0.4, 0.5) is 13.2 Å². The van der Waals surface area contributed by atoms with Gasteiger partial charge < -0.3 is 16.0 Å². The maximum Gasteiger partial charge on any atom is 0.416 e. The molecule has 1 aliphatic heterocycles. The summed E-state index contributed by atoms with van der Waals surface area (Å²) in [5.41, 5.74) is 4.46. The lowest BCUT2D eigenvalue weighted by molar-refractivity contribution is -0.137. The molecule has 0 radical (unpaired) electrons. The van der Waals surface area contributed by atoms with E-state index in [0.717, 1.165) is 12.1 Å². The topological polar surface area (TPSA) is 75.4 Å². The van der Waals surface area contributed by atoms with Crippen molar-refractivity contribution in [3.05, 3.63) is 35.4 Å². The van der Waals surface area contributed by atoms with E-state index in [9.17, 15) is 22.8 Å². The summed E-state index contributed by atoms with van der Waals surface area (Å²) < 4.78 is 38.3. The van der Waals surface area contributed by atoms with E-state index in [2.05, 4.69) is 5.32 Å². The fraction of sp³-hybridized carbons (Fsp3) is 0.500. The number of rotatable bonds is 4. The summed E-state index contributed by atoms with van der Waals surface area (Å²) in [5, 5.41) is 2.68. The fourth-order valence-electron chi connectivity index (χ4n) is 2.73. The van der Waals surface area contributed by atoms with Gasteiger partial charge in [-0.3, -0.25) is 9.59 Å². The van der Waals surface area contributed by atoms with Gasteiger partial charge in [-0.2, -0.15) is 13.2 Å². The Kier molecular flexibility index (Phi) is 7.69. The number of carbonyl (C=O) groups excluding carboxylic acids is 2. The number of amides is 2. The smallest absolute Gasteiger partial charge is 0.355 e. The van der Waals surface area contributed by atoms with Crippen molar-refractivity contribution in [3.8, 4) is 0 Å². The van der Waals surface area contributed by atoms with Crippen LogP contribution in [0.5, 0.6) is 0 Å². The summed E-state index contributed by atoms with van der Waals surface area (Å²) in [6.07, 6.45) is -3.23. The minimum absolute atomic E-state index is 0. The first-order chi connectivity index (χ1) is 11.3. The Morgan fingerprint density at radius 1 is 1.32 bits per heavy atom. The third kappa shape index (κ3) is 5.61. The molecule has 1 fully saturated rings. The molecule has 1 atom stereocenters. The molecule has 1 aromatic carbocycles. The van der Waals surface area contributed by atoms with Crippen LogP contribution in [-0.2, 0) is 11.0 Å². The molecule has 0 aliphatic carbocycles. The molecule has 25 heavy (non-hydrogen) atoms. The second kappa shape index (κ2) is 9.05. The summed E-state index contributed by atoms with van der Waals surface area (Å²) in [4.78, 5) is 25.9. The van der Waals surface area contributed by atoms with Crippen molar-refractivity contribution in [2.45, 2.75) is 19.0 Å². The van der Waals surface area contributed by atoms with Gasteiger partial charge in [0, 0.05) is 31.7 Å². The Labute approximate surface area is 150 Å². The highest BCUT2D eigenvalue weighted by molar-refractivity contribution is 5.95. The quantitative estimate of drug-likeness (QED) is 0.840. The Hall–Kier alpha value is -1.80. The predicted octanol–water partition coefficient (Wildman–Crippen LogP) is 2.05. The van der Waals surface area contributed by atoms with Crippen molar-refractivity contribution in [3.63, 3.8) is 0 Å². The number of piperidine rings is 1. The van der Waals surface area contributed by atoms with Gasteiger partial charge >= 0.3 is 6.18 Å². The minimum Gasteiger partial charge on any atom is -0.355 e. The molecule has 1 heterocycles. The van der Waals surface area contributed by atoms with E-state index >= 15 is 0 Å². The van der Waals surface area contributed by atoms with Crippen LogP contribution in [0.2, 0.25) is 0 Å². The average molecular weight is 380 g/mol. The molecular weight excluding hydrogens is 359 g/mol. The SMILES string of the molecule is Cl.NCCNC(=O)C1CCCN(C(=O)c2cccc(C(F)(F)F)c2)C1. The first-order valence-electron chi connectivity index (χ1n) is 7.77. The van der Waals surface area contributed by atoms with Crippen LogP contribution < -0.4 is 11.1 Å². The van der Waals surface area contributed by atoms with Crippen LogP contribution in [0.1, 0.15) is 28.8 Å². The lowest BCUT2D eigenvalue weighted by Crippen LogP contribution is -2.46. The van der Waals surface area contributed by atoms with Crippen molar-refractivity contribution in [1.82, 2.24) is 10.2 Å². The number of nitrogens with zero attached hydrogens (tertiary/aromatic N) is 1. The van der Waals surface area contributed by atoms with Gasteiger partial charge in [0.2, 0.25) is 5.91 Å². The fourth-order valence-corrected chi connectivity index (χ4v) is 2.73. The minimum atomic E-state index is -4.50. The molecule has 1 unspecified atom stereocenters.